The zero-order chi connectivity index (χ0) is 10.6. The SMILES string of the molecule is CC#CCC(=O)c1ccc(Br)c(C)c1. The fourth-order valence-electron chi connectivity index (χ4n) is 1.09. The van der Waals surface area contributed by atoms with Crippen LogP contribution in [0.15, 0.2) is 22.7 Å². The largest absolute Gasteiger partial charge is 0.293 e. The van der Waals surface area contributed by atoms with Crippen molar-refractivity contribution in [3.8, 4) is 11.8 Å². The summed E-state index contributed by atoms with van der Waals surface area (Å²) in [5.74, 6) is 5.56. The van der Waals surface area contributed by atoms with Crippen LogP contribution in [0, 0.1) is 18.8 Å². The first-order valence-electron chi connectivity index (χ1n) is 4.34. The second kappa shape index (κ2) is 4.97. The number of carbonyl (C=O) groups excluding carboxylic acids is 1. The van der Waals surface area contributed by atoms with Crippen LogP contribution in [0.2, 0.25) is 0 Å². The third-order valence-corrected chi connectivity index (χ3v) is 2.80. The van der Waals surface area contributed by atoms with Crippen molar-refractivity contribution in [1.29, 1.82) is 0 Å². The Kier molecular flexibility index (Phi) is 3.91. The zero-order valence-electron chi connectivity index (χ0n) is 8.23. The summed E-state index contributed by atoms with van der Waals surface area (Å²) in [6.45, 7) is 3.70. The van der Waals surface area contributed by atoms with Gasteiger partial charge in [-0.15, -0.1) is 5.92 Å². The van der Waals surface area contributed by atoms with E-state index >= 15 is 0 Å². The number of halogens is 1. The van der Waals surface area contributed by atoms with E-state index in [1.807, 2.05) is 25.1 Å². The number of rotatable bonds is 2. The maximum atomic E-state index is 11.5. The Morgan fingerprint density at radius 3 is 2.79 bits per heavy atom. The summed E-state index contributed by atoms with van der Waals surface area (Å²) in [7, 11) is 0. The molecule has 0 aromatic heterocycles. The molecule has 14 heavy (non-hydrogen) atoms. The second-order valence-electron chi connectivity index (χ2n) is 2.99. The van der Waals surface area contributed by atoms with Gasteiger partial charge in [-0.3, -0.25) is 4.79 Å². The summed E-state index contributed by atoms with van der Waals surface area (Å²) < 4.78 is 1.02. The topological polar surface area (TPSA) is 17.1 Å². The van der Waals surface area contributed by atoms with Crippen molar-refractivity contribution in [2.24, 2.45) is 0 Å². The molecular weight excluding hydrogens is 240 g/mol. The van der Waals surface area contributed by atoms with E-state index in [4.69, 9.17) is 0 Å². The first kappa shape index (κ1) is 11.0. The molecule has 0 unspecified atom stereocenters. The van der Waals surface area contributed by atoms with E-state index in [1.54, 1.807) is 6.92 Å². The number of benzene rings is 1. The van der Waals surface area contributed by atoms with E-state index in [9.17, 15) is 4.79 Å². The molecule has 0 N–H and O–H groups in total. The Morgan fingerprint density at radius 2 is 2.21 bits per heavy atom. The van der Waals surface area contributed by atoms with Crippen molar-refractivity contribution in [3.05, 3.63) is 33.8 Å². The Morgan fingerprint density at radius 1 is 1.50 bits per heavy atom. The van der Waals surface area contributed by atoms with Crippen LogP contribution in [-0.4, -0.2) is 5.78 Å². The molecule has 0 fully saturated rings. The summed E-state index contributed by atoms with van der Waals surface area (Å²) in [6, 6.07) is 5.59. The number of carbonyl (C=O) groups is 1. The van der Waals surface area contributed by atoms with Crippen LogP contribution in [0.4, 0.5) is 0 Å². The van der Waals surface area contributed by atoms with Gasteiger partial charge in [-0.05, 0) is 31.5 Å². The maximum absolute atomic E-state index is 11.5. The maximum Gasteiger partial charge on any atom is 0.174 e. The standard InChI is InChI=1S/C12H11BrO/c1-3-4-5-12(14)10-6-7-11(13)9(2)8-10/h6-8H,5H2,1-2H3. The summed E-state index contributed by atoms with van der Waals surface area (Å²) >= 11 is 3.39. The van der Waals surface area contributed by atoms with Gasteiger partial charge in [0.05, 0.1) is 6.42 Å². The fraction of sp³-hybridized carbons (Fsp3) is 0.250. The normalized spacial score (nSPS) is 9.07. The van der Waals surface area contributed by atoms with Crippen LogP contribution < -0.4 is 0 Å². The molecule has 1 aromatic rings. The van der Waals surface area contributed by atoms with Gasteiger partial charge < -0.3 is 0 Å². The highest BCUT2D eigenvalue weighted by molar-refractivity contribution is 9.10. The van der Waals surface area contributed by atoms with Crippen molar-refractivity contribution in [2.45, 2.75) is 20.3 Å². The lowest BCUT2D eigenvalue weighted by atomic mass is 10.1. The van der Waals surface area contributed by atoms with Gasteiger partial charge in [0.25, 0.3) is 0 Å². The molecule has 72 valence electrons. The molecule has 1 aromatic carbocycles. The summed E-state index contributed by atoms with van der Waals surface area (Å²) in [4.78, 5) is 11.5. The lowest BCUT2D eigenvalue weighted by Gasteiger charge is -2.01. The molecule has 2 heteroatoms. The molecule has 0 aliphatic carbocycles. The average Bonchev–Trinajstić information content (AvgIpc) is 2.18. The van der Waals surface area contributed by atoms with Gasteiger partial charge >= 0.3 is 0 Å². The average molecular weight is 251 g/mol. The van der Waals surface area contributed by atoms with Crippen LogP contribution in [0.1, 0.15) is 29.3 Å². The van der Waals surface area contributed by atoms with Gasteiger partial charge in [0.2, 0.25) is 0 Å². The highest BCUT2D eigenvalue weighted by Gasteiger charge is 2.04. The Bertz CT molecular complexity index is 410. The number of hydrogen-bond donors (Lipinski definition) is 0. The zero-order valence-corrected chi connectivity index (χ0v) is 9.81. The smallest absolute Gasteiger partial charge is 0.174 e. The second-order valence-corrected chi connectivity index (χ2v) is 3.85. The molecular formula is C12H11BrO. The van der Waals surface area contributed by atoms with E-state index in [1.165, 1.54) is 0 Å². The van der Waals surface area contributed by atoms with Crippen LogP contribution in [-0.2, 0) is 0 Å². The van der Waals surface area contributed by atoms with Crippen molar-refractivity contribution >= 4 is 21.7 Å². The molecule has 0 atom stereocenters. The monoisotopic (exact) mass is 250 g/mol. The van der Waals surface area contributed by atoms with Crippen molar-refractivity contribution in [1.82, 2.24) is 0 Å². The molecule has 0 bridgehead atoms. The van der Waals surface area contributed by atoms with Crippen LogP contribution in [0.5, 0.6) is 0 Å². The summed E-state index contributed by atoms with van der Waals surface area (Å²) in [5.41, 5.74) is 1.80. The van der Waals surface area contributed by atoms with Gasteiger partial charge in [-0.1, -0.05) is 27.9 Å². The highest BCUT2D eigenvalue weighted by Crippen LogP contribution is 2.17. The molecule has 0 heterocycles. The minimum atomic E-state index is 0.0787. The molecule has 0 aliphatic heterocycles. The molecule has 0 radical (unpaired) electrons. The molecule has 0 aliphatic rings. The summed E-state index contributed by atoms with van der Waals surface area (Å²) in [6.07, 6.45) is 0.303. The molecule has 1 nitrogen and oxygen atoms in total. The van der Waals surface area contributed by atoms with E-state index < -0.39 is 0 Å². The number of ketones is 1. The van der Waals surface area contributed by atoms with Crippen molar-refractivity contribution < 1.29 is 4.79 Å². The first-order chi connectivity index (χ1) is 6.65. The Labute approximate surface area is 92.6 Å². The lowest BCUT2D eigenvalue weighted by molar-refractivity contribution is 0.0998. The molecule has 1 rings (SSSR count). The summed E-state index contributed by atoms with van der Waals surface area (Å²) in [5, 5.41) is 0. The molecule has 0 saturated carbocycles. The van der Waals surface area contributed by atoms with Crippen LogP contribution in [0.3, 0.4) is 0 Å². The Hall–Kier alpha value is -1.07. The minimum Gasteiger partial charge on any atom is -0.293 e. The van der Waals surface area contributed by atoms with E-state index in [0.717, 1.165) is 15.6 Å². The van der Waals surface area contributed by atoms with Crippen molar-refractivity contribution in [2.75, 3.05) is 0 Å². The molecule has 0 spiro atoms. The quantitative estimate of drug-likeness (QED) is 0.581. The van der Waals surface area contributed by atoms with E-state index in [2.05, 4.69) is 27.8 Å². The van der Waals surface area contributed by atoms with Gasteiger partial charge in [-0.2, -0.15) is 0 Å². The van der Waals surface area contributed by atoms with E-state index in [-0.39, 0.29) is 5.78 Å². The van der Waals surface area contributed by atoms with E-state index in [0.29, 0.717) is 6.42 Å². The van der Waals surface area contributed by atoms with Gasteiger partial charge in [0.1, 0.15) is 0 Å². The van der Waals surface area contributed by atoms with Gasteiger partial charge in [-0.25, -0.2) is 0 Å². The predicted molar refractivity (Wildman–Crippen MR) is 61.3 cm³/mol. The van der Waals surface area contributed by atoms with Gasteiger partial charge in [0, 0.05) is 10.0 Å². The highest BCUT2D eigenvalue weighted by atomic mass is 79.9. The third-order valence-electron chi connectivity index (χ3n) is 1.91. The lowest BCUT2D eigenvalue weighted by Crippen LogP contribution is -1.97. The predicted octanol–water partition coefficient (Wildman–Crippen LogP) is 3.35. The minimum absolute atomic E-state index is 0.0787. The van der Waals surface area contributed by atoms with Crippen LogP contribution in [0.25, 0.3) is 0 Å². The van der Waals surface area contributed by atoms with Crippen molar-refractivity contribution in [3.63, 3.8) is 0 Å². The number of hydrogen-bond acceptors (Lipinski definition) is 1. The van der Waals surface area contributed by atoms with Gasteiger partial charge in [0.15, 0.2) is 5.78 Å². The molecule has 0 amide bonds. The number of aryl methyl sites for hydroxylation is 1. The third kappa shape index (κ3) is 2.71. The molecule has 0 saturated heterocycles. The fourth-order valence-corrected chi connectivity index (χ4v) is 1.34. The Balaban J connectivity index is 2.89. The van der Waals surface area contributed by atoms with Crippen LogP contribution >= 0.6 is 15.9 Å². The number of Topliss-reactive ketones (excluding diaryl/α,β-unsaturated/α-hetero) is 1. The first-order valence-corrected chi connectivity index (χ1v) is 5.13.